The number of rotatable bonds is 10. The SMILES string of the molecule is CC(C)(C)[C@H](c1nc(-c2cc(F)ccc2F)cn1Cc1ccccc1)N(CCCNC(=O)O)C(=O)CCl. The summed E-state index contributed by atoms with van der Waals surface area (Å²) in [5, 5.41) is 11.2. The van der Waals surface area contributed by atoms with Crippen LogP contribution in [0.3, 0.4) is 0 Å². The number of hydrogen-bond donors (Lipinski definition) is 2. The predicted molar refractivity (Wildman–Crippen MR) is 138 cm³/mol. The highest BCUT2D eigenvalue weighted by Gasteiger charge is 2.38. The van der Waals surface area contributed by atoms with Crippen molar-refractivity contribution in [3.05, 3.63) is 77.8 Å². The van der Waals surface area contributed by atoms with E-state index in [1.807, 2.05) is 55.7 Å². The Bertz CT molecular complexity index is 1230. The maximum Gasteiger partial charge on any atom is 0.404 e. The fraction of sp³-hybridized carbons (Fsp3) is 0.370. The molecule has 0 spiro atoms. The molecule has 1 heterocycles. The van der Waals surface area contributed by atoms with Gasteiger partial charge in [-0.05, 0) is 35.6 Å². The largest absolute Gasteiger partial charge is 0.465 e. The number of halogens is 3. The summed E-state index contributed by atoms with van der Waals surface area (Å²) in [7, 11) is 0. The standard InChI is InChI=1S/C27H31ClF2N4O3/c1-27(2,3)24(34(23(35)15-28)13-7-12-31-26(36)37)25-32-22(20-14-19(29)10-11-21(20)30)17-33(25)16-18-8-5-4-6-9-18/h4-6,8-11,14,17,24,31H,7,12-13,15-16H2,1-3H3,(H,36,37)/t24-/m0/s1. The van der Waals surface area contributed by atoms with Crippen LogP contribution in [0.15, 0.2) is 54.7 Å². The van der Waals surface area contributed by atoms with Gasteiger partial charge in [-0.1, -0.05) is 51.1 Å². The van der Waals surface area contributed by atoms with Gasteiger partial charge >= 0.3 is 6.09 Å². The number of aromatic nitrogens is 2. The van der Waals surface area contributed by atoms with Crippen molar-refractivity contribution in [3.8, 4) is 11.3 Å². The Hall–Kier alpha value is -3.46. The number of carbonyl (C=O) groups is 2. The summed E-state index contributed by atoms with van der Waals surface area (Å²) in [6, 6.07) is 12.2. The fourth-order valence-corrected chi connectivity index (χ4v) is 4.45. The third-order valence-corrected chi connectivity index (χ3v) is 6.10. The van der Waals surface area contributed by atoms with Gasteiger partial charge in [0.1, 0.15) is 23.3 Å². The topological polar surface area (TPSA) is 87.5 Å². The molecule has 2 N–H and O–H groups in total. The van der Waals surface area contributed by atoms with Crippen LogP contribution >= 0.6 is 11.6 Å². The van der Waals surface area contributed by atoms with E-state index in [-0.39, 0.29) is 36.1 Å². The molecule has 1 atom stereocenters. The highest BCUT2D eigenvalue weighted by Crippen LogP contribution is 2.39. The molecule has 2 amide bonds. The lowest BCUT2D eigenvalue weighted by Crippen LogP contribution is -2.44. The number of alkyl halides is 1. The fourth-order valence-electron chi connectivity index (χ4n) is 4.29. The summed E-state index contributed by atoms with van der Waals surface area (Å²) >= 11 is 5.98. The normalized spacial score (nSPS) is 12.3. The first-order chi connectivity index (χ1) is 17.5. The zero-order valence-corrected chi connectivity index (χ0v) is 21.8. The summed E-state index contributed by atoms with van der Waals surface area (Å²) in [5.74, 6) is -1.33. The van der Waals surface area contributed by atoms with Crippen molar-refractivity contribution in [2.45, 2.75) is 39.8 Å². The Morgan fingerprint density at radius 2 is 1.86 bits per heavy atom. The van der Waals surface area contributed by atoms with E-state index in [4.69, 9.17) is 21.7 Å². The maximum absolute atomic E-state index is 14.7. The molecule has 0 aliphatic heterocycles. The van der Waals surface area contributed by atoms with Crippen LogP contribution in [0.5, 0.6) is 0 Å². The molecular weight excluding hydrogens is 502 g/mol. The minimum atomic E-state index is -1.15. The molecule has 2 aromatic carbocycles. The van der Waals surface area contributed by atoms with Crippen LogP contribution in [-0.4, -0.2) is 50.5 Å². The van der Waals surface area contributed by atoms with E-state index in [2.05, 4.69) is 5.32 Å². The van der Waals surface area contributed by atoms with Gasteiger partial charge in [0.25, 0.3) is 0 Å². The molecule has 0 saturated heterocycles. The lowest BCUT2D eigenvalue weighted by atomic mass is 9.84. The molecule has 0 aliphatic carbocycles. The number of amides is 2. The first kappa shape index (κ1) is 28.1. The molecule has 0 radical (unpaired) electrons. The molecule has 0 unspecified atom stereocenters. The van der Waals surface area contributed by atoms with Gasteiger partial charge in [0.15, 0.2) is 0 Å². The summed E-state index contributed by atoms with van der Waals surface area (Å²) in [5.41, 5.74) is 0.671. The average Bonchev–Trinajstić information content (AvgIpc) is 3.24. The zero-order valence-electron chi connectivity index (χ0n) is 21.0. The second-order valence-corrected chi connectivity index (χ2v) is 10.1. The Morgan fingerprint density at radius 3 is 2.49 bits per heavy atom. The van der Waals surface area contributed by atoms with Crippen molar-refractivity contribution < 1.29 is 23.5 Å². The highest BCUT2D eigenvalue weighted by atomic mass is 35.5. The second kappa shape index (κ2) is 12.2. The number of carboxylic acid groups (broad SMARTS) is 1. The van der Waals surface area contributed by atoms with E-state index in [1.165, 1.54) is 0 Å². The molecular formula is C27H31ClF2N4O3. The molecule has 0 saturated carbocycles. The number of carbonyl (C=O) groups excluding carboxylic acids is 1. The molecule has 0 aliphatic rings. The third kappa shape index (κ3) is 7.29. The molecule has 7 nitrogen and oxygen atoms in total. The number of benzene rings is 2. The number of imidazole rings is 1. The zero-order chi connectivity index (χ0) is 27.2. The van der Waals surface area contributed by atoms with Gasteiger partial charge in [-0.25, -0.2) is 18.6 Å². The van der Waals surface area contributed by atoms with Gasteiger partial charge in [-0.15, -0.1) is 11.6 Å². The van der Waals surface area contributed by atoms with Gasteiger partial charge in [0.05, 0.1) is 11.7 Å². The monoisotopic (exact) mass is 532 g/mol. The molecule has 1 aromatic heterocycles. The van der Waals surface area contributed by atoms with Crippen molar-refractivity contribution in [1.82, 2.24) is 19.8 Å². The molecule has 3 rings (SSSR count). The first-order valence-corrected chi connectivity index (χ1v) is 12.4. The quantitative estimate of drug-likeness (QED) is 0.259. The Kier molecular flexibility index (Phi) is 9.26. The third-order valence-electron chi connectivity index (χ3n) is 5.87. The Balaban J connectivity index is 2.13. The minimum Gasteiger partial charge on any atom is -0.465 e. The van der Waals surface area contributed by atoms with Crippen LogP contribution in [0.1, 0.15) is 44.6 Å². The van der Waals surface area contributed by atoms with Gasteiger partial charge in [0, 0.05) is 31.4 Å². The minimum absolute atomic E-state index is 0.0154. The lowest BCUT2D eigenvalue weighted by molar-refractivity contribution is -0.133. The van der Waals surface area contributed by atoms with Gasteiger partial charge < -0.3 is 19.9 Å². The molecule has 0 fully saturated rings. The van der Waals surface area contributed by atoms with Crippen LogP contribution in [0.4, 0.5) is 13.6 Å². The van der Waals surface area contributed by atoms with Crippen molar-refractivity contribution in [2.75, 3.05) is 19.0 Å². The van der Waals surface area contributed by atoms with Crippen molar-refractivity contribution in [2.24, 2.45) is 5.41 Å². The molecule has 3 aromatic rings. The molecule has 0 bridgehead atoms. The van der Waals surface area contributed by atoms with E-state index in [0.717, 1.165) is 23.8 Å². The highest BCUT2D eigenvalue weighted by molar-refractivity contribution is 6.27. The predicted octanol–water partition coefficient (Wildman–Crippen LogP) is 5.69. The van der Waals surface area contributed by atoms with E-state index < -0.39 is 29.2 Å². The Morgan fingerprint density at radius 1 is 1.16 bits per heavy atom. The van der Waals surface area contributed by atoms with Crippen LogP contribution in [-0.2, 0) is 11.3 Å². The van der Waals surface area contributed by atoms with Gasteiger partial charge in [-0.3, -0.25) is 4.79 Å². The van der Waals surface area contributed by atoms with Crippen LogP contribution < -0.4 is 5.32 Å². The molecule has 198 valence electrons. The van der Waals surface area contributed by atoms with Crippen LogP contribution in [0.2, 0.25) is 0 Å². The van der Waals surface area contributed by atoms with Crippen molar-refractivity contribution in [3.63, 3.8) is 0 Å². The molecule has 37 heavy (non-hydrogen) atoms. The smallest absolute Gasteiger partial charge is 0.404 e. The van der Waals surface area contributed by atoms with E-state index >= 15 is 0 Å². The van der Waals surface area contributed by atoms with E-state index in [9.17, 15) is 18.4 Å². The summed E-state index contributed by atoms with van der Waals surface area (Å²) in [4.78, 5) is 30.3. The lowest BCUT2D eigenvalue weighted by Gasteiger charge is -2.40. The average molecular weight is 533 g/mol. The van der Waals surface area contributed by atoms with Crippen LogP contribution in [0, 0.1) is 17.0 Å². The van der Waals surface area contributed by atoms with Gasteiger partial charge in [0.2, 0.25) is 5.91 Å². The number of hydrogen-bond acceptors (Lipinski definition) is 3. The van der Waals surface area contributed by atoms with Gasteiger partial charge in [-0.2, -0.15) is 0 Å². The number of nitrogens with zero attached hydrogens (tertiary/aromatic N) is 3. The van der Waals surface area contributed by atoms with E-state index in [1.54, 1.807) is 11.1 Å². The summed E-state index contributed by atoms with van der Waals surface area (Å²) in [6.07, 6.45) is 0.864. The Labute approximate surface area is 220 Å². The van der Waals surface area contributed by atoms with Crippen LogP contribution in [0.25, 0.3) is 11.3 Å². The maximum atomic E-state index is 14.7. The van der Waals surface area contributed by atoms with Crippen molar-refractivity contribution >= 4 is 23.6 Å². The first-order valence-electron chi connectivity index (χ1n) is 11.9. The summed E-state index contributed by atoms with van der Waals surface area (Å²) < 4.78 is 30.6. The number of nitrogens with one attached hydrogen (secondary N) is 1. The summed E-state index contributed by atoms with van der Waals surface area (Å²) in [6.45, 7) is 6.60. The molecule has 10 heteroatoms. The van der Waals surface area contributed by atoms with E-state index in [0.29, 0.717) is 18.8 Å². The second-order valence-electron chi connectivity index (χ2n) is 9.80. The van der Waals surface area contributed by atoms with Crippen molar-refractivity contribution in [1.29, 1.82) is 0 Å².